The van der Waals surface area contributed by atoms with Gasteiger partial charge in [-0.15, -0.1) is 0 Å². The minimum Gasteiger partial charge on any atom is -0.308 e. The maximum absolute atomic E-state index is 5.09. The Labute approximate surface area is 283 Å². The van der Waals surface area contributed by atoms with Gasteiger partial charge in [0.05, 0.1) is 27.8 Å². The number of aromatic nitrogens is 3. The molecule has 0 amide bonds. The van der Waals surface area contributed by atoms with E-state index in [1.54, 1.807) is 0 Å². The first-order valence-corrected chi connectivity index (χ1v) is 16.7. The molecular weight excluding hydrogens is 595 g/mol. The number of nitrogens with zero attached hydrogens (tertiary/aromatic N) is 3. The molecule has 3 aromatic heterocycles. The monoisotopic (exact) mass is 623 g/mol. The fourth-order valence-electron chi connectivity index (χ4n) is 7.52. The van der Waals surface area contributed by atoms with Gasteiger partial charge >= 0.3 is 0 Å². The van der Waals surface area contributed by atoms with E-state index in [2.05, 4.69) is 162 Å². The summed E-state index contributed by atoms with van der Waals surface area (Å²) in [6.45, 7) is 0. The molecule has 0 spiro atoms. The first kappa shape index (κ1) is 27.5. The van der Waals surface area contributed by atoms with Gasteiger partial charge in [-0.2, -0.15) is 0 Å². The van der Waals surface area contributed by atoms with Gasteiger partial charge < -0.3 is 4.40 Å². The summed E-state index contributed by atoms with van der Waals surface area (Å²) in [5.74, 6) is 0.725. The van der Waals surface area contributed by atoms with Crippen LogP contribution in [0.25, 0.3) is 93.9 Å². The minimum absolute atomic E-state index is 0.725. The normalized spacial score (nSPS) is 11.7. The number of fused-ring (bicyclic) bond motifs is 9. The van der Waals surface area contributed by atoms with Crippen molar-refractivity contribution in [3.8, 4) is 44.9 Å². The van der Waals surface area contributed by atoms with Crippen LogP contribution in [-0.4, -0.2) is 14.4 Å². The third-order valence-electron chi connectivity index (χ3n) is 9.78. The standard InChI is InChI=1S/C46H29N3/c1-3-13-31(14-4-1)43-39-28-27-34(29-42(39)49-41-22-12-10-18-36(41)35-17-7-8-19-37(35)45(43)49)30-23-25-33(26-24-30)46-47-40-21-11-9-20-38(40)44(48-46)32-15-5-2-6-16-32/h1-29H. The van der Waals surface area contributed by atoms with E-state index < -0.39 is 0 Å². The van der Waals surface area contributed by atoms with Crippen molar-refractivity contribution in [1.82, 2.24) is 14.4 Å². The van der Waals surface area contributed by atoms with Gasteiger partial charge in [0.25, 0.3) is 0 Å². The second kappa shape index (κ2) is 11.0. The third-order valence-corrected chi connectivity index (χ3v) is 9.78. The molecule has 3 heterocycles. The molecule has 0 atom stereocenters. The van der Waals surface area contributed by atoms with Crippen molar-refractivity contribution in [2.45, 2.75) is 0 Å². The van der Waals surface area contributed by atoms with Gasteiger partial charge in [0.15, 0.2) is 5.82 Å². The van der Waals surface area contributed by atoms with Gasteiger partial charge in [-0.25, -0.2) is 9.97 Å². The number of para-hydroxylation sites is 2. The lowest BCUT2D eigenvalue weighted by molar-refractivity contribution is 1.23. The van der Waals surface area contributed by atoms with E-state index in [0.29, 0.717) is 0 Å². The molecule has 0 aliphatic rings. The van der Waals surface area contributed by atoms with Crippen LogP contribution < -0.4 is 0 Å². The molecular formula is C46H29N3. The molecule has 0 saturated carbocycles. The van der Waals surface area contributed by atoms with E-state index in [-0.39, 0.29) is 0 Å². The summed E-state index contributed by atoms with van der Waals surface area (Å²) in [4.78, 5) is 10.1. The molecule has 0 fully saturated rings. The van der Waals surface area contributed by atoms with Crippen molar-refractivity contribution in [3.63, 3.8) is 0 Å². The Morgan fingerprint density at radius 1 is 0.347 bits per heavy atom. The predicted molar refractivity (Wildman–Crippen MR) is 205 cm³/mol. The van der Waals surface area contributed by atoms with Gasteiger partial charge in [0.2, 0.25) is 0 Å². The molecule has 10 aromatic rings. The highest BCUT2D eigenvalue weighted by atomic mass is 14.9. The quantitative estimate of drug-likeness (QED) is 0.183. The Morgan fingerprint density at radius 3 is 1.71 bits per heavy atom. The summed E-state index contributed by atoms with van der Waals surface area (Å²) in [6, 6.07) is 62.6. The van der Waals surface area contributed by atoms with E-state index in [1.807, 2.05) is 18.2 Å². The Bertz CT molecular complexity index is 2850. The highest BCUT2D eigenvalue weighted by Crippen LogP contribution is 2.43. The second-order valence-electron chi connectivity index (χ2n) is 12.6. The lowest BCUT2D eigenvalue weighted by Gasteiger charge is -2.11. The number of hydrogen-bond donors (Lipinski definition) is 0. The Kier molecular flexibility index (Phi) is 6.18. The van der Waals surface area contributed by atoms with E-state index in [0.717, 1.165) is 39.1 Å². The molecule has 10 rings (SSSR count). The van der Waals surface area contributed by atoms with Crippen LogP contribution in [0, 0.1) is 0 Å². The second-order valence-corrected chi connectivity index (χ2v) is 12.6. The van der Waals surface area contributed by atoms with E-state index in [1.165, 1.54) is 54.8 Å². The average molecular weight is 624 g/mol. The summed E-state index contributed by atoms with van der Waals surface area (Å²) in [6.07, 6.45) is 0. The molecule has 0 aliphatic carbocycles. The first-order chi connectivity index (χ1) is 24.3. The molecule has 3 nitrogen and oxygen atoms in total. The molecule has 3 heteroatoms. The van der Waals surface area contributed by atoms with E-state index in [9.17, 15) is 0 Å². The van der Waals surface area contributed by atoms with Gasteiger partial charge in [-0.1, -0.05) is 158 Å². The predicted octanol–water partition coefficient (Wildman–Crippen LogP) is 12.0. The van der Waals surface area contributed by atoms with Gasteiger partial charge in [0, 0.05) is 38.2 Å². The van der Waals surface area contributed by atoms with Crippen LogP contribution in [0.1, 0.15) is 0 Å². The first-order valence-electron chi connectivity index (χ1n) is 16.7. The summed E-state index contributed by atoms with van der Waals surface area (Å²) in [5, 5.41) is 6.07. The molecule has 49 heavy (non-hydrogen) atoms. The van der Waals surface area contributed by atoms with Gasteiger partial charge in [0.1, 0.15) is 0 Å². The minimum atomic E-state index is 0.725. The molecule has 0 unspecified atom stereocenters. The van der Waals surface area contributed by atoms with Crippen LogP contribution >= 0.6 is 0 Å². The van der Waals surface area contributed by atoms with E-state index >= 15 is 0 Å². The van der Waals surface area contributed by atoms with Crippen LogP contribution in [0.5, 0.6) is 0 Å². The summed E-state index contributed by atoms with van der Waals surface area (Å²) < 4.78 is 2.47. The topological polar surface area (TPSA) is 30.2 Å². The molecule has 7 aromatic carbocycles. The third kappa shape index (κ3) is 4.37. The molecule has 0 N–H and O–H groups in total. The van der Waals surface area contributed by atoms with Gasteiger partial charge in [-0.05, 0) is 40.3 Å². The van der Waals surface area contributed by atoms with Crippen LogP contribution in [0.2, 0.25) is 0 Å². The zero-order valence-electron chi connectivity index (χ0n) is 26.6. The van der Waals surface area contributed by atoms with Crippen molar-refractivity contribution >= 4 is 49.0 Å². The molecule has 0 saturated heterocycles. The van der Waals surface area contributed by atoms with Crippen molar-refractivity contribution in [1.29, 1.82) is 0 Å². The van der Waals surface area contributed by atoms with E-state index in [4.69, 9.17) is 9.97 Å². The number of rotatable bonds is 4. The zero-order chi connectivity index (χ0) is 32.3. The van der Waals surface area contributed by atoms with Crippen LogP contribution in [0.15, 0.2) is 176 Å². The Balaban J connectivity index is 1.16. The summed E-state index contributed by atoms with van der Waals surface area (Å²) in [5.41, 5.74) is 12.4. The molecule has 228 valence electrons. The fourth-order valence-corrected chi connectivity index (χ4v) is 7.52. The number of pyridine rings is 1. The van der Waals surface area contributed by atoms with Crippen LogP contribution in [0.3, 0.4) is 0 Å². The lowest BCUT2D eigenvalue weighted by atomic mass is 9.97. The van der Waals surface area contributed by atoms with Crippen LogP contribution in [0.4, 0.5) is 0 Å². The largest absolute Gasteiger partial charge is 0.308 e. The summed E-state index contributed by atoms with van der Waals surface area (Å²) in [7, 11) is 0. The maximum atomic E-state index is 5.09. The highest BCUT2D eigenvalue weighted by Gasteiger charge is 2.20. The molecule has 0 aliphatic heterocycles. The van der Waals surface area contributed by atoms with Crippen molar-refractivity contribution in [3.05, 3.63) is 176 Å². The Hall–Kier alpha value is -6.58. The highest BCUT2D eigenvalue weighted by molar-refractivity contribution is 6.22. The average Bonchev–Trinajstić information content (AvgIpc) is 3.53. The van der Waals surface area contributed by atoms with Crippen molar-refractivity contribution in [2.75, 3.05) is 0 Å². The number of benzene rings is 7. The lowest BCUT2D eigenvalue weighted by Crippen LogP contribution is -1.95. The Morgan fingerprint density at radius 2 is 0.939 bits per heavy atom. The van der Waals surface area contributed by atoms with Crippen LogP contribution in [-0.2, 0) is 0 Å². The maximum Gasteiger partial charge on any atom is 0.160 e. The smallest absolute Gasteiger partial charge is 0.160 e. The van der Waals surface area contributed by atoms with Crippen molar-refractivity contribution < 1.29 is 0 Å². The number of hydrogen-bond acceptors (Lipinski definition) is 2. The molecule has 0 radical (unpaired) electrons. The SMILES string of the molecule is c1ccc(-c2nc(-c3ccc(-c4ccc5c(-c6ccccc6)c6c7ccccc7c7ccccc7n6c5c4)cc3)nc3ccccc23)cc1. The zero-order valence-corrected chi connectivity index (χ0v) is 26.6. The molecule has 0 bridgehead atoms. The summed E-state index contributed by atoms with van der Waals surface area (Å²) >= 11 is 0. The van der Waals surface area contributed by atoms with Crippen molar-refractivity contribution in [2.24, 2.45) is 0 Å². The van der Waals surface area contributed by atoms with Gasteiger partial charge in [-0.3, -0.25) is 0 Å². The fraction of sp³-hybridized carbons (Fsp3) is 0.